The van der Waals surface area contributed by atoms with Crippen LogP contribution in [0.25, 0.3) is 6.08 Å². The molecule has 5 rings (SSSR count). The van der Waals surface area contributed by atoms with E-state index < -0.39 is 88.8 Å². The van der Waals surface area contributed by atoms with Crippen LogP contribution in [0.1, 0.15) is 77.2 Å². The standard InChI is InChI=1S/C42H48O12/c1-23-30(46)21-32(50-25(3)43)41(8)35(23)37(51-26(4)44)42(40(6,7)49)22-31(53-33(47)20-19-28-15-11-9-12-16-28)24(2)34(42)36(38(41)52-27(5)45)54-39(48)29-17-13-10-14-18-29/h9-20,30-32,35-38,46,49H,1,21-22H2,2-8H3. The molecule has 0 saturated heterocycles. The van der Waals surface area contributed by atoms with Gasteiger partial charge < -0.3 is 33.9 Å². The normalized spacial score (nSPS) is 30.8. The smallest absolute Gasteiger partial charge is 0.338 e. The van der Waals surface area contributed by atoms with Gasteiger partial charge in [0, 0.05) is 45.6 Å². The lowest BCUT2D eigenvalue weighted by molar-refractivity contribution is -0.214. The molecule has 288 valence electrons. The molecule has 12 heteroatoms. The van der Waals surface area contributed by atoms with E-state index in [0.717, 1.165) is 5.56 Å². The van der Waals surface area contributed by atoms with Crippen LogP contribution in [0.3, 0.4) is 0 Å². The second-order valence-electron chi connectivity index (χ2n) is 15.0. The van der Waals surface area contributed by atoms with Gasteiger partial charge in [0.1, 0.15) is 18.3 Å². The van der Waals surface area contributed by atoms with E-state index in [-0.39, 0.29) is 29.6 Å². The highest BCUT2D eigenvalue weighted by Gasteiger charge is 2.74. The minimum Gasteiger partial charge on any atom is -0.462 e. The van der Waals surface area contributed by atoms with E-state index in [1.54, 1.807) is 38.1 Å². The first-order valence-electron chi connectivity index (χ1n) is 17.8. The number of esters is 5. The fourth-order valence-corrected chi connectivity index (χ4v) is 8.82. The third-order valence-corrected chi connectivity index (χ3v) is 11.2. The van der Waals surface area contributed by atoms with Crippen molar-refractivity contribution in [1.82, 2.24) is 0 Å². The van der Waals surface area contributed by atoms with Crippen molar-refractivity contribution in [2.45, 2.75) is 104 Å². The first-order chi connectivity index (χ1) is 25.3. The minimum atomic E-state index is -1.87. The third kappa shape index (κ3) is 7.37. The van der Waals surface area contributed by atoms with Gasteiger partial charge in [-0.1, -0.05) is 62.0 Å². The topological polar surface area (TPSA) is 172 Å². The molecule has 2 aromatic rings. The van der Waals surface area contributed by atoms with Crippen molar-refractivity contribution in [3.8, 4) is 0 Å². The molecule has 0 bridgehead atoms. The maximum Gasteiger partial charge on any atom is 0.338 e. The molecule has 0 heterocycles. The van der Waals surface area contributed by atoms with Crippen LogP contribution in [0.15, 0.2) is 90.0 Å². The summed E-state index contributed by atoms with van der Waals surface area (Å²) in [7, 11) is 0. The van der Waals surface area contributed by atoms with Gasteiger partial charge in [-0.3, -0.25) is 14.4 Å². The van der Waals surface area contributed by atoms with Gasteiger partial charge in [-0.05, 0) is 61.3 Å². The molecule has 0 aromatic heterocycles. The van der Waals surface area contributed by atoms with E-state index in [0.29, 0.717) is 5.57 Å². The SMILES string of the molecule is C=C1C(O)CC(OC(C)=O)C2(C)C(OC(C)=O)C(OC(=O)c3ccccc3)C3=C(C)C(OC(=O)C=Cc4ccccc4)CC3(C(C)(C)O)C(OC(C)=O)C12. The van der Waals surface area contributed by atoms with Crippen LogP contribution < -0.4 is 0 Å². The largest absolute Gasteiger partial charge is 0.462 e. The number of carbonyl (C=O) groups excluding carboxylic acids is 5. The first kappa shape index (κ1) is 40.1. The average molecular weight is 745 g/mol. The lowest BCUT2D eigenvalue weighted by Crippen LogP contribution is -2.64. The van der Waals surface area contributed by atoms with E-state index in [9.17, 15) is 34.2 Å². The zero-order valence-corrected chi connectivity index (χ0v) is 31.6. The maximum atomic E-state index is 14.1. The molecule has 0 radical (unpaired) electrons. The molecule has 0 amide bonds. The van der Waals surface area contributed by atoms with Crippen molar-refractivity contribution >= 4 is 35.9 Å². The van der Waals surface area contributed by atoms with Gasteiger partial charge in [0.15, 0.2) is 12.2 Å². The van der Waals surface area contributed by atoms with Crippen LogP contribution in [0.5, 0.6) is 0 Å². The van der Waals surface area contributed by atoms with E-state index in [2.05, 4.69) is 6.58 Å². The van der Waals surface area contributed by atoms with Gasteiger partial charge in [0.25, 0.3) is 0 Å². The highest BCUT2D eigenvalue weighted by Crippen LogP contribution is 2.66. The highest BCUT2D eigenvalue weighted by molar-refractivity contribution is 5.90. The van der Waals surface area contributed by atoms with Crippen molar-refractivity contribution in [1.29, 1.82) is 0 Å². The Morgan fingerprint density at radius 3 is 1.94 bits per heavy atom. The van der Waals surface area contributed by atoms with Crippen molar-refractivity contribution < 1.29 is 57.9 Å². The second-order valence-corrected chi connectivity index (χ2v) is 15.0. The molecular formula is C42H48O12. The lowest BCUT2D eigenvalue weighted by atomic mass is 9.54. The molecule has 3 aliphatic rings. The summed E-state index contributed by atoms with van der Waals surface area (Å²) in [5, 5.41) is 24.0. The van der Waals surface area contributed by atoms with Crippen LogP contribution >= 0.6 is 0 Å². The Bertz CT molecular complexity index is 1860. The van der Waals surface area contributed by atoms with Crippen LogP contribution in [0.4, 0.5) is 0 Å². The van der Waals surface area contributed by atoms with Gasteiger partial charge in [0.05, 0.1) is 28.1 Å². The Balaban J connectivity index is 1.83. The zero-order chi connectivity index (χ0) is 39.7. The van der Waals surface area contributed by atoms with Crippen LogP contribution in [-0.4, -0.2) is 82.3 Å². The number of rotatable bonds is 9. The van der Waals surface area contributed by atoms with E-state index in [1.807, 2.05) is 30.3 Å². The van der Waals surface area contributed by atoms with E-state index in [4.69, 9.17) is 23.7 Å². The third-order valence-electron chi connectivity index (χ3n) is 11.2. The number of aliphatic hydroxyl groups excluding tert-OH is 1. The Hall–Kier alpha value is -5.07. The van der Waals surface area contributed by atoms with Crippen LogP contribution in [-0.2, 0) is 42.9 Å². The van der Waals surface area contributed by atoms with Gasteiger partial charge in [-0.25, -0.2) is 9.59 Å². The average Bonchev–Trinajstić information content (AvgIpc) is 3.36. The predicted octanol–water partition coefficient (Wildman–Crippen LogP) is 5.07. The van der Waals surface area contributed by atoms with Crippen molar-refractivity contribution in [3.05, 3.63) is 101 Å². The molecule has 0 spiro atoms. The number of ether oxygens (including phenoxy) is 5. The molecule has 2 saturated carbocycles. The molecule has 2 N–H and O–H groups in total. The summed E-state index contributed by atoms with van der Waals surface area (Å²) in [6.45, 7) is 14.0. The summed E-state index contributed by atoms with van der Waals surface area (Å²) in [6, 6.07) is 17.2. The predicted molar refractivity (Wildman–Crippen MR) is 195 cm³/mol. The Morgan fingerprint density at radius 1 is 0.833 bits per heavy atom. The van der Waals surface area contributed by atoms with E-state index >= 15 is 0 Å². The molecule has 12 nitrogen and oxygen atoms in total. The van der Waals surface area contributed by atoms with Gasteiger partial charge in [-0.15, -0.1) is 0 Å². The maximum absolute atomic E-state index is 14.1. The Morgan fingerprint density at radius 2 is 1.39 bits per heavy atom. The number of carbonyl (C=O) groups is 5. The van der Waals surface area contributed by atoms with Crippen molar-refractivity contribution in [2.75, 3.05) is 0 Å². The number of hydrogen-bond acceptors (Lipinski definition) is 12. The van der Waals surface area contributed by atoms with Crippen LogP contribution in [0, 0.1) is 16.7 Å². The molecular weight excluding hydrogens is 696 g/mol. The quantitative estimate of drug-likeness (QED) is 0.152. The monoisotopic (exact) mass is 744 g/mol. The number of aliphatic hydroxyl groups is 2. The number of benzene rings is 2. The Labute approximate surface area is 314 Å². The molecule has 9 atom stereocenters. The summed E-state index contributed by atoms with van der Waals surface area (Å²) in [5.41, 5.74) is -3.68. The summed E-state index contributed by atoms with van der Waals surface area (Å²) in [6.07, 6.45) is -5.62. The van der Waals surface area contributed by atoms with E-state index in [1.165, 1.54) is 52.8 Å². The minimum absolute atomic E-state index is 0.145. The summed E-state index contributed by atoms with van der Waals surface area (Å²) in [5.74, 6) is -5.02. The number of hydrogen-bond donors (Lipinski definition) is 2. The van der Waals surface area contributed by atoms with Crippen molar-refractivity contribution in [2.24, 2.45) is 16.7 Å². The first-order valence-corrected chi connectivity index (χ1v) is 17.8. The molecule has 0 aliphatic heterocycles. The molecule has 9 unspecified atom stereocenters. The van der Waals surface area contributed by atoms with Gasteiger partial charge in [0.2, 0.25) is 0 Å². The summed E-state index contributed by atoms with van der Waals surface area (Å²) >= 11 is 0. The number of fused-ring (bicyclic) bond motifs is 2. The summed E-state index contributed by atoms with van der Waals surface area (Å²) in [4.78, 5) is 66.6. The van der Waals surface area contributed by atoms with Gasteiger partial charge >= 0.3 is 29.8 Å². The van der Waals surface area contributed by atoms with Crippen LogP contribution in [0.2, 0.25) is 0 Å². The second kappa shape index (κ2) is 15.3. The molecule has 2 aromatic carbocycles. The van der Waals surface area contributed by atoms with Crippen molar-refractivity contribution in [3.63, 3.8) is 0 Å². The summed E-state index contributed by atoms with van der Waals surface area (Å²) < 4.78 is 30.7. The highest BCUT2D eigenvalue weighted by atomic mass is 16.6. The Kier molecular flexibility index (Phi) is 11.4. The zero-order valence-electron chi connectivity index (χ0n) is 31.6. The van der Waals surface area contributed by atoms with Gasteiger partial charge in [-0.2, -0.15) is 0 Å². The molecule has 54 heavy (non-hydrogen) atoms. The molecule has 3 aliphatic carbocycles. The fourth-order valence-electron chi connectivity index (χ4n) is 8.82. The molecule has 2 fully saturated rings. The lowest BCUT2D eigenvalue weighted by Gasteiger charge is -2.55. The fraction of sp³-hybridized carbons (Fsp3) is 0.452.